The molecule has 186 valence electrons. The molecule has 35 heavy (non-hydrogen) atoms. The summed E-state index contributed by atoms with van der Waals surface area (Å²) in [6.45, 7) is 7.65. The molecular weight excluding hydrogens is 474 g/mol. The number of ether oxygens (including phenoxy) is 2. The maximum atomic E-state index is 11.8. The second kappa shape index (κ2) is 9.14. The van der Waals surface area contributed by atoms with Crippen LogP contribution in [0.2, 0.25) is 5.28 Å². The quantitative estimate of drug-likeness (QED) is 0.364. The number of carbonyl (C=O) groups is 1. The van der Waals surface area contributed by atoms with Gasteiger partial charge in [-0.3, -0.25) is 4.79 Å². The summed E-state index contributed by atoms with van der Waals surface area (Å²) in [5.74, 6) is 0.697. The van der Waals surface area contributed by atoms with Crippen LogP contribution in [0.15, 0.2) is 30.5 Å². The number of halogens is 1. The SMILES string of the molecule is CCOC(=O)CCCn1nnnc1-c1ccc2c(c1)C(N)(c1ccnc(Cl)n1)C(C)(O)C(C)(C)O2. The first-order valence-corrected chi connectivity index (χ1v) is 11.6. The fraction of sp³-hybridized carbons (Fsp3) is 0.478. The van der Waals surface area contributed by atoms with Crippen LogP contribution in [0.3, 0.4) is 0 Å². The zero-order valence-corrected chi connectivity index (χ0v) is 20.8. The molecule has 12 heteroatoms. The topological polar surface area (TPSA) is 151 Å². The minimum absolute atomic E-state index is 0.00988. The summed E-state index contributed by atoms with van der Waals surface area (Å²) in [5, 5.41) is 23.8. The van der Waals surface area contributed by atoms with Crippen LogP contribution in [0, 0.1) is 0 Å². The van der Waals surface area contributed by atoms with Crippen LogP contribution in [0.5, 0.6) is 5.75 Å². The van der Waals surface area contributed by atoms with Crippen molar-refractivity contribution in [3.05, 3.63) is 47.0 Å². The van der Waals surface area contributed by atoms with Crippen LogP contribution in [0.1, 0.15) is 51.8 Å². The highest BCUT2D eigenvalue weighted by molar-refractivity contribution is 6.28. The molecule has 0 saturated carbocycles. The van der Waals surface area contributed by atoms with Gasteiger partial charge in [0.15, 0.2) is 5.82 Å². The predicted octanol–water partition coefficient (Wildman–Crippen LogP) is 2.25. The van der Waals surface area contributed by atoms with Gasteiger partial charge in [-0.15, -0.1) is 5.10 Å². The Morgan fingerprint density at radius 1 is 1.29 bits per heavy atom. The molecular formula is C23H28ClN7O4. The van der Waals surface area contributed by atoms with Gasteiger partial charge in [-0.1, -0.05) is 0 Å². The number of nitrogens with two attached hydrogens (primary N) is 1. The Morgan fingerprint density at radius 3 is 2.77 bits per heavy atom. The van der Waals surface area contributed by atoms with Gasteiger partial charge in [0.05, 0.1) is 12.3 Å². The zero-order chi connectivity index (χ0) is 25.4. The van der Waals surface area contributed by atoms with E-state index in [4.69, 9.17) is 26.8 Å². The lowest BCUT2D eigenvalue weighted by atomic mass is 9.64. The predicted molar refractivity (Wildman–Crippen MR) is 126 cm³/mol. The van der Waals surface area contributed by atoms with Gasteiger partial charge in [0.1, 0.15) is 22.5 Å². The Morgan fingerprint density at radius 2 is 2.06 bits per heavy atom. The van der Waals surface area contributed by atoms with Crippen molar-refractivity contribution < 1.29 is 19.4 Å². The number of hydrogen-bond donors (Lipinski definition) is 2. The molecule has 1 aliphatic heterocycles. The van der Waals surface area contributed by atoms with Crippen molar-refractivity contribution in [2.75, 3.05) is 6.61 Å². The number of tetrazole rings is 1. The van der Waals surface area contributed by atoms with E-state index in [1.807, 2.05) is 6.07 Å². The molecule has 0 spiro atoms. The summed E-state index contributed by atoms with van der Waals surface area (Å²) in [5.41, 5.74) is 4.34. The summed E-state index contributed by atoms with van der Waals surface area (Å²) < 4.78 is 12.8. The Kier molecular flexibility index (Phi) is 6.52. The maximum absolute atomic E-state index is 11.8. The smallest absolute Gasteiger partial charge is 0.305 e. The van der Waals surface area contributed by atoms with E-state index in [0.717, 1.165) is 0 Å². The lowest BCUT2D eigenvalue weighted by Crippen LogP contribution is -2.71. The summed E-state index contributed by atoms with van der Waals surface area (Å²) in [6, 6.07) is 6.99. The van der Waals surface area contributed by atoms with Gasteiger partial charge >= 0.3 is 5.97 Å². The number of benzene rings is 1. The van der Waals surface area contributed by atoms with Crippen molar-refractivity contribution in [1.82, 2.24) is 30.2 Å². The number of esters is 1. The van der Waals surface area contributed by atoms with E-state index in [-0.39, 0.29) is 17.7 Å². The van der Waals surface area contributed by atoms with E-state index in [9.17, 15) is 9.90 Å². The Hall–Kier alpha value is -3.15. The van der Waals surface area contributed by atoms with Gasteiger partial charge in [0.2, 0.25) is 5.28 Å². The third kappa shape index (κ3) is 4.24. The second-order valence-electron chi connectivity index (χ2n) is 9.05. The number of nitrogens with zero attached hydrogens (tertiary/aromatic N) is 6. The Labute approximate surface area is 207 Å². The van der Waals surface area contributed by atoms with Crippen LogP contribution in [-0.4, -0.2) is 59.1 Å². The summed E-state index contributed by atoms with van der Waals surface area (Å²) in [4.78, 5) is 20.0. The van der Waals surface area contributed by atoms with Crippen molar-refractivity contribution in [1.29, 1.82) is 0 Å². The number of hydrogen-bond acceptors (Lipinski definition) is 10. The van der Waals surface area contributed by atoms with E-state index < -0.39 is 16.7 Å². The molecule has 3 N–H and O–H groups in total. The molecule has 0 fully saturated rings. The minimum atomic E-state index is -1.60. The first-order valence-electron chi connectivity index (χ1n) is 11.3. The highest BCUT2D eigenvalue weighted by Gasteiger charge is 2.62. The molecule has 1 aromatic carbocycles. The number of aryl methyl sites for hydroxylation is 1. The van der Waals surface area contributed by atoms with E-state index in [1.54, 1.807) is 50.6 Å². The van der Waals surface area contributed by atoms with Crippen LogP contribution >= 0.6 is 11.6 Å². The molecule has 2 atom stereocenters. The maximum Gasteiger partial charge on any atom is 0.305 e. The van der Waals surface area contributed by atoms with Crippen molar-refractivity contribution in [3.8, 4) is 17.1 Å². The van der Waals surface area contributed by atoms with E-state index >= 15 is 0 Å². The van der Waals surface area contributed by atoms with Gasteiger partial charge in [-0.2, -0.15) is 0 Å². The van der Waals surface area contributed by atoms with Gasteiger partial charge in [0.25, 0.3) is 0 Å². The molecule has 3 heterocycles. The Balaban J connectivity index is 1.77. The summed E-state index contributed by atoms with van der Waals surface area (Å²) in [7, 11) is 0. The average molecular weight is 502 g/mol. The normalized spacial score (nSPS) is 22.8. The van der Waals surface area contributed by atoms with Gasteiger partial charge in [-0.25, -0.2) is 14.6 Å². The standard InChI is InChI=1S/C23H28ClN7O4/c1-5-34-18(32)7-6-12-31-19(28-29-30-31)14-8-9-16-15(13-14)23(25,17-10-11-26-20(24)27-17)22(4,33)21(2,3)35-16/h8-11,13,33H,5-7,12,25H2,1-4H3. The van der Waals surface area contributed by atoms with Crippen molar-refractivity contribution in [2.45, 2.75) is 63.8 Å². The van der Waals surface area contributed by atoms with Crippen molar-refractivity contribution in [3.63, 3.8) is 0 Å². The second-order valence-corrected chi connectivity index (χ2v) is 9.39. The molecule has 1 aliphatic rings. The molecule has 0 saturated heterocycles. The molecule has 4 rings (SSSR count). The molecule has 0 aliphatic carbocycles. The number of aliphatic hydroxyl groups is 1. The van der Waals surface area contributed by atoms with Crippen LogP contribution in [-0.2, 0) is 21.6 Å². The summed E-state index contributed by atoms with van der Waals surface area (Å²) >= 11 is 6.09. The fourth-order valence-corrected chi connectivity index (χ4v) is 4.44. The number of fused-ring (bicyclic) bond motifs is 1. The highest BCUT2D eigenvalue weighted by atomic mass is 35.5. The van der Waals surface area contributed by atoms with E-state index in [2.05, 4.69) is 25.5 Å². The van der Waals surface area contributed by atoms with Crippen molar-refractivity contribution in [2.24, 2.45) is 5.73 Å². The zero-order valence-electron chi connectivity index (χ0n) is 20.0. The third-order valence-electron chi connectivity index (χ3n) is 6.59. The van der Waals surface area contributed by atoms with Crippen LogP contribution < -0.4 is 10.5 Å². The molecule has 0 radical (unpaired) electrons. The largest absolute Gasteiger partial charge is 0.484 e. The fourth-order valence-electron chi connectivity index (χ4n) is 4.29. The molecule has 2 aromatic heterocycles. The summed E-state index contributed by atoms with van der Waals surface area (Å²) in [6.07, 6.45) is 2.25. The molecule has 11 nitrogen and oxygen atoms in total. The number of carbonyl (C=O) groups excluding carboxylic acids is 1. The van der Waals surface area contributed by atoms with Crippen LogP contribution in [0.25, 0.3) is 11.4 Å². The van der Waals surface area contributed by atoms with Crippen molar-refractivity contribution >= 4 is 17.6 Å². The first-order chi connectivity index (χ1) is 16.5. The Bertz CT molecular complexity index is 1250. The minimum Gasteiger partial charge on any atom is -0.484 e. The van der Waals surface area contributed by atoms with E-state index in [0.29, 0.717) is 48.0 Å². The monoisotopic (exact) mass is 501 g/mol. The number of aromatic nitrogens is 6. The lowest BCUT2D eigenvalue weighted by molar-refractivity contribution is -0.155. The molecule has 0 amide bonds. The van der Waals surface area contributed by atoms with Gasteiger partial charge < -0.3 is 20.3 Å². The van der Waals surface area contributed by atoms with Crippen LogP contribution in [0.4, 0.5) is 0 Å². The first kappa shape index (κ1) is 25.0. The van der Waals surface area contributed by atoms with E-state index in [1.165, 1.54) is 6.20 Å². The lowest BCUT2D eigenvalue weighted by Gasteiger charge is -2.54. The molecule has 3 aromatic rings. The highest BCUT2D eigenvalue weighted by Crippen LogP contribution is 2.52. The average Bonchev–Trinajstić information content (AvgIpc) is 3.26. The molecule has 2 unspecified atom stereocenters. The third-order valence-corrected chi connectivity index (χ3v) is 6.77. The molecule has 0 bridgehead atoms. The van der Waals surface area contributed by atoms with Gasteiger partial charge in [-0.05, 0) is 80.4 Å². The van der Waals surface area contributed by atoms with Gasteiger partial charge in [0, 0.05) is 30.3 Å². The number of rotatable bonds is 7.